The molecule has 2 rings (SSSR count). The van der Waals surface area contributed by atoms with Crippen molar-refractivity contribution < 1.29 is 4.39 Å². The van der Waals surface area contributed by atoms with Gasteiger partial charge in [0.25, 0.3) is 0 Å². The topological polar surface area (TPSA) is 48.0 Å². The number of nitrogens with two attached hydrogens (primary N) is 1. The molecule has 2 N–H and O–H groups in total. The molecule has 3 nitrogen and oxygen atoms in total. The molecular weight excluding hydrogens is 251 g/mol. The normalized spacial score (nSPS) is 10.3. The van der Waals surface area contributed by atoms with E-state index in [1.807, 2.05) is 0 Å². The number of pyridine rings is 1. The highest BCUT2D eigenvalue weighted by molar-refractivity contribution is 7.80. The highest BCUT2D eigenvalue weighted by atomic mass is 32.1. The maximum Gasteiger partial charge on any atom is 0.192 e. The average molecular weight is 262 g/mol. The van der Waals surface area contributed by atoms with Gasteiger partial charge in [0.2, 0.25) is 0 Å². The van der Waals surface area contributed by atoms with Crippen molar-refractivity contribution in [3.05, 3.63) is 63.8 Å². The minimum atomic E-state index is -0.313. The maximum atomic E-state index is 12.9. The Morgan fingerprint density at radius 1 is 1.33 bits per heavy atom. The lowest BCUT2D eigenvalue weighted by Crippen LogP contribution is -2.22. The van der Waals surface area contributed by atoms with Crippen LogP contribution >= 0.6 is 12.2 Å². The number of aryl methyl sites for hydroxylation is 1. The molecule has 1 aromatic heterocycles. The van der Waals surface area contributed by atoms with E-state index in [9.17, 15) is 9.18 Å². The molecular formula is C13H11FN2OS. The van der Waals surface area contributed by atoms with Crippen LogP contribution in [0.1, 0.15) is 11.3 Å². The highest BCUT2D eigenvalue weighted by Gasteiger charge is 2.07. The first-order valence-corrected chi connectivity index (χ1v) is 5.69. The van der Waals surface area contributed by atoms with E-state index in [1.54, 1.807) is 29.8 Å². The molecule has 0 atom stereocenters. The number of benzene rings is 1. The van der Waals surface area contributed by atoms with E-state index in [0.717, 1.165) is 11.4 Å². The molecule has 18 heavy (non-hydrogen) atoms. The second-order valence-electron chi connectivity index (χ2n) is 3.90. The number of thiocarbonyl (C=S) groups is 1. The summed E-state index contributed by atoms with van der Waals surface area (Å²) >= 11 is 4.83. The molecule has 2 aromatic rings. The molecule has 0 bridgehead atoms. The molecule has 0 fully saturated rings. The van der Waals surface area contributed by atoms with Gasteiger partial charge in [-0.25, -0.2) is 4.39 Å². The molecule has 0 aliphatic heterocycles. The van der Waals surface area contributed by atoms with Crippen LogP contribution in [0.15, 0.2) is 41.3 Å². The lowest BCUT2D eigenvalue weighted by molar-refractivity contribution is 0.627. The third-order valence-electron chi connectivity index (χ3n) is 2.61. The van der Waals surface area contributed by atoms with Crippen molar-refractivity contribution in [2.75, 3.05) is 0 Å². The maximum absolute atomic E-state index is 12.9. The molecule has 92 valence electrons. The van der Waals surface area contributed by atoms with Crippen molar-refractivity contribution in [2.45, 2.75) is 6.92 Å². The lowest BCUT2D eigenvalue weighted by atomic mass is 10.2. The summed E-state index contributed by atoms with van der Waals surface area (Å²) in [4.78, 5) is 11.7. The van der Waals surface area contributed by atoms with Gasteiger partial charge >= 0.3 is 0 Å². The Morgan fingerprint density at radius 3 is 2.50 bits per heavy atom. The van der Waals surface area contributed by atoms with Crippen LogP contribution in [0.2, 0.25) is 0 Å². The van der Waals surface area contributed by atoms with Crippen LogP contribution in [0.25, 0.3) is 5.69 Å². The van der Waals surface area contributed by atoms with Crippen molar-refractivity contribution in [2.24, 2.45) is 5.73 Å². The van der Waals surface area contributed by atoms with E-state index in [2.05, 4.69) is 0 Å². The molecule has 1 heterocycles. The predicted octanol–water partition coefficient (Wildman–Crippen LogP) is 1.92. The Bertz CT molecular complexity index is 662. The van der Waals surface area contributed by atoms with Crippen molar-refractivity contribution in [1.29, 1.82) is 0 Å². The molecule has 0 aliphatic rings. The standard InChI is InChI=1S/C13H11FN2OS/c1-8-6-12(17)11(13(15)18)7-16(8)10-4-2-9(14)3-5-10/h2-7H,1H3,(H2,15,18). The van der Waals surface area contributed by atoms with Gasteiger partial charge in [0, 0.05) is 23.6 Å². The predicted molar refractivity (Wildman–Crippen MR) is 72.6 cm³/mol. The molecule has 1 aromatic carbocycles. The SMILES string of the molecule is Cc1cc(=O)c(C(N)=S)cn1-c1ccc(F)cc1. The lowest BCUT2D eigenvalue weighted by Gasteiger charge is -2.12. The summed E-state index contributed by atoms with van der Waals surface area (Å²) < 4.78 is 14.6. The molecule has 5 heteroatoms. The zero-order valence-electron chi connectivity index (χ0n) is 9.68. The Balaban J connectivity index is 2.64. The largest absolute Gasteiger partial charge is 0.389 e. The molecule has 0 saturated carbocycles. The van der Waals surface area contributed by atoms with Crippen LogP contribution < -0.4 is 11.2 Å². The number of halogens is 1. The van der Waals surface area contributed by atoms with Crippen LogP contribution in [0, 0.1) is 12.7 Å². The van der Waals surface area contributed by atoms with E-state index in [-0.39, 0.29) is 21.8 Å². The van der Waals surface area contributed by atoms with E-state index in [1.165, 1.54) is 18.2 Å². The Hall–Kier alpha value is -2.01. The molecule has 0 amide bonds. The average Bonchev–Trinajstić information content (AvgIpc) is 2.30. The van der Waals surface area contributed by atoms with E-state index >= 15 is 0 Å². The first-order valence-electron chi connectivity index (χ1n) is 5.28. The molecule has 0 aliphatic carbocycles. The number of hydrogen-bond donors (Lipinski definition) is 1. The summed E-state index contributed by atoms with van der Waals surface area (Å²) in [6, 6.07) is 7.41. The number of aromatic nitrogens is 1. The van der Waals surface area contributed by atoms with Gasteiger partial charge in [-0.2, -0.15) is 0 Å². The summed E-state index contributed by atoms with van der Waals surface area (Å²) in [6.45, 7) is 1.79. The van der Waals surface area contributed by atoms with Gasteiger partial charge in [-0.05, 0) is 31.2 Å². The fraction of sp³-hybridized carbons (Fsp3) is 0.0769. The van der Waals surface area contributed by atoms with Crippen LogP contribution in [0.4, 0.5) is 4.39 Å². The molecule has 0 spiro atoms. The fourth-order valence-electron chi connectivity index (χ4n) is 1.70. The summed E-state index contributed by atoms with van der Waals surface area (Å²) in [5.41, 5.74) is 7.03. The third-order valence-corrected chi connectivity index (χ3v) is 2.83. The first kappa shape index (κ1) is 12.4. The second kappa shape index (κ2) is 4.70. The zero-order valence-corrected chi connectivity index (χ0v) is 10.5. The van der Waals surface area contributed by atoms with Crippen molar-refractivity contribution in [1.82, 2.24) is 4.57 Å². The van der Waals surface area contributed by atoms with Gasteiger partial charge in [0.15, 0.2) is 5.43 Å². The van der Waals surface area contributed by atoms with Crippen molar-refractivity contribution in [3.63, 3.8) is 0 Å². The van der Waals surface area contributed by atoms with Gasteiger partial charge < -0.3 is 10.3 Å². The summed E-state index contributed by atoms with van der Waals surface area (Å²) in [5.74, 6) is -0.313. The van der Waals surface area contributed by atoms with Crippen molar-refractivity contribution >= 4 is 17.2 Å². The highest BCUT2D eigenvalue weighted by Crippen LogP contribution is 2.12. The van der Waals surface area contributed by atoms with Crippen LogP contribution in [-0.2, 0) is 0 Å². The van der Waals surface area contributed by atoms with Gasteiger partial charge in [-0.1, -0.05) is 12.2 Å². The second-order valence-corrected chi connectivity index (χ2v) is 4.34. The Kier molecular flexibility index (Phi) is 3.25. The van der Waals surface area contributed by atoms with Gasteiger partial charge in [0.1, 0.15) is 10.8 Å². The van der Waals surface area contributed by atoms with Gasteiger partial charge in [-0.15, -0.1) is 0 Å². The summed E-state index contributed by atoms with van der Waals surface area (Å²) in [7, 11) is 0. The monoisotopic (exact) mass is 262 g/mol. The number of rotatable bonds is 2. The quantitative estimate of drug-likeness (QED) is 0.841. The third kappa shape index (κ3) is 2.31. The molecule has 0 radical (unpaired) electrons. The van der Waals surface area contributed by atoms with Crippen molar-refractivity contribution in [3.8, 4) is 5.69 Å². The van der Waals surface area contributed by atoms with E-state index in [4.69, 9.17) is 18.0 Å². The van der Waals surface area contributed by atoms with E-state index < -0.39 is 0 Å². The number of hydrogen-bond acceptors (Lipinski definition) is 2. The Labute approximate surface area is 109 Å². The zero-order chi connectivity index (χ0) is 13.3. The Morgan fingerprint density at radius 2 is 1.94 bits per heavy atom. The van der Waals surface area contributed by atoms with E-state index in [0.29, 0.717) is 0 Å². The van der Waals surface area contributed by atoms with Crippen LogP contribution in [0.3, 0.4) is 0 Å². The minimum absolute atomic E-state index is 0.0517. The molecule has 0 unspecified atom stereocenters. The minimum Gasteiger partial charge on any atom is -0.389 e. The van der Waals surface area contributed by atoms with Gasteiger partial charge in [-0.3, -0.25) is 4.79 Å². The van der Waals surface area contributed by atoms with Crippen LogP contribution in [0.5, 0.6) is 0 Å². The smallest absolute Gasteiger partial charge is 0.192 e. The number of nitrogens with zero attached hydrogens (tertiary/aromatic N) is 1. The molecule has 0 saturated heterocycles. The first-order chi connectivity index (χ1) is 8.49. The van der Waals surface area contributed by atoms with Gasteiger partial charge in [0.05, 0.1) is 5.56 Å². The summed E-state index contributed by atoms with van der Waals surface area (Å²) in [5, 5.41) is 0. The van der Waals surface area contributed by atoms with Crippen LogP contribution in [-0.4, -0.2) is 9.56 Å². The fourth-order valence-corrected chi connectivity index (χ4v) is 1.85. The summed E-state index contributed by atoms with van der Waals surface area (Å²) in [6.07, 6.45) is 1.58.